The summed E-state index contributed by atoms with van der Waals surface area (Å²) in [7, 11) is 1.30. The predicted octanol–water partition coefficient (Wildman–Crippen LogP) is 3.33. The summed E-state index contributed by atoms with van der Waals surface area (Å²) >= 11 is 0. The van der Waals surface area contributed by atoms with Gasteiger partial charge in [-0.1, -0.05) is 12.1 Å². The summed E-state index contributed by atoms with van der Waals surface area (Å²) < 4.78 is 4.73. The molecule has 2 aromatic rings. The van der Waals surface area contributed by atoms with Crippen LogP contribution in [-0.4, -0.2) is 29.5 Å². The summed E-state index contributed by atoms with van der Waals surface area (Å²) in [5.74, 6) is -0.858. The number of carbonyl (C=O) groups is 2. The highest BCUT2D eigenvalue weighted by molar-refractivity contribution is 6.08. The van der Waals surface area contributed by atoms with Crippen LogP contribution in [0.3, 0.4) is 0 Å². The minimum absolute atomic E-state index is 0.145. The number of pyridine rings is 1. The predicted molar refractivity (Wildman–Crippen MR) is 93.3 cm³/mol. The van der Waals surface area contributed by atoms with E-state index in [4.69, 9.17) is 4.74 Å². The number of amides is 1. The molecule has 6 heteroatoms. The molecule has 0 aliphatic carbocycles. The van der Waals surface area contributed by atoms with Gasteiger partial charge in [0.1, 0.15) is 0 Å². The number of anilines is 2. The fourth-order valence-electron chi connectivity index (χ4n) is 2.14. The number of benzene rings is 1. The van der Waals surface area contributed by atoms with Gasteiger partial charge in [-0.2, -0.15) is 0 Å². The lowest BCUT2D eigenvalue weighted by Crippen LogP contribution is -2.26. The SMILES string of the molecule is COC(=O)c1ccccc1NC(=O)c1cncc(NC(C)(C)C)c1. The highest BCUT2D eigenvalue weighted by Crippen LogP contribution is 2.19. The molecule has 1 amide bonds. The number of nitrogens with one attached hydrogen (secondary N) is 2. The molecular formula is C18H21N3O3. The van der Waals surface area contributed by atoms with Gasteiger partial charge in [-0.25, -0.2) is 4.79 Å². The summed E-state index contributed by atoms with van der Waals surface area (Å²) in [5, 5.41) is 5.99. The van der Waals surface area contributed by atoms with Crippen molar-refractivity contribution in [2.24, 2.45) is 0 Å². The first-order valence-electron chi connectivity index (χ1n) is 7.52. The average Bonchev–Trinajstić information content (AvgIpc) is 2.53. The Hall–Kier alpha value is -2.89. The van der Waals surface area contributed by atoms with Crippen molar-refractivity contribution in [3.63, 3.8) is 0 Å². The second kappa shape index (κ2) is 7.12. The lowest BCUT2D eigenvalue weighted by atomic mass is 10.1. The van der Waals surface area contributed by atoms with Crippen molar-refractivity contribution >= 4 is 23.3 Å². The zero-order chi connectivity index (χ0) is 17.7. The first-order valence-corrected chi connectivity index (χ1v) is 7.52. The maximum atomic E-state index is 12.5. The van der Waals surface area contributed by atoms with Gasteiger partial charge < -0.3 is 15.4 Å². The molecule has 2 N–H and O–H groups in total. The van der Waals surface area contributed by atoms with Crippen molar-refractivity contribution in [3.8, 4) is 0 Å². The van der Waals surface area contributed by atoms with E-state index in [0.717, 1.165) is 5.69 Å². The molecule has 0 aliphatic heterocycles. The number of methoxy groups -OCH3 is 1. The van der Waals surface area contributed by atoms with Gasteiger partial charge in [0, 0.05) is 17.9 Å². The molecule has 0 spiro atoms. The number of ether oxygens (including phenoxy) is 1. The summed E-state index contributed by atoms with van der Waals surface area (Å²) in [6.45, 7) is 6.06. The monoisotopic (exact) mass is 327 g/mol. The van der Waals surface area contributed by atoms with Crippen LogP contribution in [-0.2, 0) is 4.74 Å². The minimum Gasteiger partial charge on any atom is -0.465 e. The van der Waals surface area contributed by atoms with Gasteiger partial charge in [-0.15, -0.1) is 0 Å². The Morgan fingerprint density at radius 1 is 1.12 bits per heavy atom. The third-order valence-corrected chi connectivity index (χ3v) is 3.10. The van der Waals surface area contributed by atoms with E-state index in [1.54, 1.807) is 36.5 Å². The van der Waals surface area contributed by atoms with E-state index < -0.39 is 5.97 Å². The third-order valence-electron chi connectivity index (χ3n) is 3.10. The van der Waals surface area contributed by atoms with Crippen molar-refractivity contribution in [1.82, 2.24) is 4.98 Å². The van der Waals surface area contributed by atoms with E-state index in [1.807, 2.05) is 20.8 Å². The smallest absolute Gasteiger partial charge is 0.339 e. The van der Waals surface area contributed by atoms with Crippen LogP contribution in [0.4, 0.5) is 11.4 Å². The summed E-state index contributed by atoms with van der Waals surface area (Å²) in [6.07, 6.45) is 3.13. The molecule has 2 rings (SSSR count). The Labute approximate surface area is 141 Å². The molecular weight excluding hydrogens is 306 g/mol. The highest BCUT2D eigenvalue weighted by Gasteiger charge is 2.16. The molecule has 0 aliphatic rings. The fraction of sp³-hybridized carbons (Fsp3) is 0.278. The van der Waals surface area contributed by atoms with Gasteiger partial charge in [-0.05, 0) is 39.0 Å². The Bertz CT molecular complexity index is 751. The molecule has 0 atom stereocenters. The van der Waals surface area contributed by atoms with Crippen LogP contribution in [0.15, 0.2) is 42.7 Å². The Balaban J connectivity index is 2.22. The first-order chi connectivity index (χ1) is 11.3. The molecule has 1 aromatic heterocycles. The van der Waals surface area contributed by atoms with E-state index in [2.05, 4.69) is 15.6 Å². The molecule has 0 saturated heterocycles. The maximum Gasteiger partial charge on any atom is 0.339 e. The van der Waals surface area contributed by atoms with Crippen molar-refractivity contribution in [2.45, 2.75) is 26.3 Å². The number of hydrogen-bond acceptors (Lipinski definition) is 5. The Morgan fingerprint density at radius 2 is 1.83 bits per heavy atom. The van der Waals surface area contributed by atoms with Crippen LogP contribution in [0, 0.1) is 0 Å². The lowest BCUT2D eigenvalue weighted by Gasteiger charge is -2.22. The standard InChI is InChI=1S/C18H21N3O3/c1-18(2,3)21-13-9-12(10-19-11-13)16(22)20-15-8-6-5-7-14(15)17(23)24-4/h5-11,21H,1-4H3,(H,20,22). The summed E-state index contributed by atoms with van der Waals surface area (Å²) in [6, 6.07) is 8.40. The minimum atomic E-state index is -0.507. The van der Waals surface area contributed by atoms with Gasteiger partial charge in [0.25, 0.3) is 5.91 Å². The zero-order valence-corrected chi connectivity index (χ0v) is 14.2. The van der Waals surface area contributed by atoms with Crippen LogP contribution in [0.2, 0.25) is 0 Å². The van der Waals surface area contributed by atoms with Gasteiger partial charge in [0.2, 0.25) is 0 Å². The van der Waals surface area contributed by atoms with Crippen LogP contribution in [0.1, 0.15) is 41.5 Å². The third kappa shape index (κ3) is 4.55. The zero-order valence-electron chi connectivity index (χ0n) is 14.2. The van der Waals surface area contributed by atoms with E-state index in [0.29, 0.717) is 16.8 Å². The van der Waals surface area contributed by atoms with Gasteiger partial charge in [0.15, 0.2) is 0 Å². The van der Waals surface area contributed by atoms with Crippen molar-refractivity contribution in [3.05, 3.63) is 53.9 Å². The second-order valence-corrected chi connectivity index (χ2v) is 6.33. The average molecular weight is 327 g/mol. The van der Waals surface area contributed by atoms with Crippen molar-refractivity contribution in [1.29, 1.82) is 0 Å². The molecule has 126 valence electrons. The van der Waals surface area contributed by atoms with Crippen molar-refractivity contribution in [2.75, 3.05) is 17.7 Å². The van der Waals surface area contributed by atoms with Crippen LogP contribution >= 0.6 is 0 Å². The molecule has 6 nitrogen and oxygen atoms in total. The number of hydrogen-bond donors (Lipinski definition) is 2. The van der Waals surface area contributed by atoms with Gasteiger partial charge in [-0.3, -0.25) is 9.78 Å². The molecule has 0 bridgehead atoms. The second-order valence-electron chi connectivity index (χ2n) is 6.33. The Kier molecular flexibility index (Phi) is 5.18. The van der Waals surface area contributed by atoms with Crippen LogP contribution < -0.4 is 10.6 Å². The van der Waals surface area contributed by atoms with Gasteiger partial charge in [0.05, 0.1) is 29.6 Å². The number of esters is 1. The molecule has 0 unspecified atom stereocenters. The van der Waals surface area contributed by atoms with Crippen LogP contribution in [0.25, 0.3) is 0 Å². The fourth-order valence-corrected chi connectivity index (χ4v) is 2.14. The maximum absolute atomic E-state index is 12.5. The quantitative estimate of drug-likeness (QED) is 0.842. The summed E-state index contributed by atoms with van der Waals surface area (Å²) in [4.78, 5) is 28.3. The number of nitrogens with zero attached hydrogens (tertiary/aromatic N) is 1. The Morgan fingerprint density at radius 3 is 2.50 bits per heavy atom. The number of para-hydroxylation sites is 1. The molecule has 0 radical (unpaired) electrons. The molecule has 1 aromatic carbocycles. The normalized spacial score (nSPS) is 10.8. The molecule has 0 saturated carbocycles. The number of carbonyl (C=O) groups excluding carboxylic acids is 2. The van der Waals surface area contributed by atoms with E-state index in [1.165, 1.54) is 13.3 Å². The number of aromatic nitrogens is 1. The molecule has 1 heterocycles. The molecule has 24 heavy (non-hydrogen) atoms. The van der Waals surface area contributed by atoms with E-state index in [-0.39, 0.29) is 11.4 Å². The number of rotatable bonds is 4. The van der Waals surface area contributed by atoms with E-state index in [9.17, 15) is 9.59 Å². The van der Waals surface area contributed by atoms with E-state index >= 15 is 0 Å². The lowest BCUT2D eigenvalue weighted by molar-refractivity contribution is 0.0602. The molecule has 0 fully saturated rings. The first kappa shape index (κ1) is 17.5. The van der Waals surface area contributed by atoms with Crippen LogP contribution in [0.5, 0.6) is 0 Å². The van der Waals surface area contributed by atoms with Crippen molar-refractivity contribution < 1.29 is 14.3 Å². The topological polar surface area (TPSA) is 80.3 Å². The van der Waals surface area contributed by atoms with Gasteiger partial charge >= 0.3 is 5.97 Å². The largest absolute Gasteiger partial charge is 0.465 e. The summed E-state index contributed by atoms with van der Waals surface area (Å²) in [5.41, 5.74) is 1.68. The highest BCUT2D eigenvalue weighted by atomic mass is 16.5.